The van der Waals surface area contributed by atoms with Gasteiger partial charge in [-0.3, -0.25) is 9.59 Å². The SMILES string of the molecule is O=C(CCCCCCC(=O)Nc1ccccc1O)N/N=C/c1ccccc1O. The fraction of sp³-hybridized carbons (Fsp3) is 0.286. The van der Waals surface area contributed by atoms with E-state index in [2.05, 4.69) is 15.8 Å². The molecule has 2 amide bonds. The zero-order chi connectivity index (χ0) is 20.2. The summed E-state index contributed by atoms with van der Waals surface area (Å²) in [6.07, 6.45) is 5.21. The summed E-state index contributed by atoms with van der Waals surface area (Å²) < 4.78 is 0. The van der Waals surface area contributed by atoms with Crippen molar-refractivity contribution in [3.63, 3.8) is 0 Å². The van der Waals surface area contributed by atoms with E-state index < -0.39 is 0 Å². The molecule has 0 atom stereocenters. The monoisotopic (exact) mass is 383 g/mol. The second-order valence-electron chi connectivity index (χ2n) is 6.33. The minimum Gasteiger partial charge on any atom is -0.507 e. The number of nitrogens with one attached hydrogen (secondary N) is 2. The number of phenolic OH excluding ortho intramolecular Hbond substituents is 2. The smallest absolute Gasteiger partial charge is 0.240 e. The molecule has 4 N–H and O–H groups in total. The lowest BCUT2D eigenvalue weighted by Crippen LogP contribution is -2.16. The quantitative estimate of drug-likeness (QED) is 0.218. The van der Waals surface area contributed by atoms with Gasteiger partial charge in [-0.1, -0.05) is 37.1 Å². The molecule has 0 radical (unpaired) electrons. The van der Waals surface area contributed by atoms with Crippen LogP contribution in [0.5, 0.6) is 11.5 Å². The van der Waals surface area contributed by atoms with E-state index in [9.17, 15) is 19.8 Å². The number of anilines is 1. The van der Waals surface area contributed by atoms with E-state index in [4.69, 9.17) is 0 Å². The number of para-hydroxylation sites is 3. The summed E-state index contributed by atoms with van der Waals surface area (Å²) in [5.41, 5.74) is 3.37. The zero-order valence-corrected chi connectivity index (χ0v) is 15.6. The highest BCUT2D eigenvalue weighted by Crippen LogP contribution is 2.21. The Kier molecular flexibility index (Phi) is 8.52. The number of nitrogens with zero attached hydrogens (tertiary/aromatic N) is 1. The molecular formula is C21H25N3O4. The molecule has 0 heterocycles. The second-order valence-corrected chi connectivity index (χ2v) is 6.33. The Hall–Kier alpha value is -3.35. The zero-order valence-electron chi connectivity index (χ0n) is 15.6. The number of rotatable bonds is 10. The molecular weight excluding hydrogens is 358 g/mol. The fourth-order valence-electron chi connectivity index (χ4n) is 2.54. The lowest BCUT2D eigenvalue weighted by Gasteiger charge is -2.06. The molecule has 0 bridgehead atoms. The lowest BCUT2D eigenvalue weighted by molar-refractivity contribution is -0.121. The van der Waals surface area contributed by atoms with Crippen LogP contribution in [0.25, 0.3) is 0 Å². The number of carbonyl (C=O) groups is 2. The van der Waals surface area contributed by atoms with Crippen molar-refractivity contribution in [2.75, 3.05) is 5.32 Å². The standard InChI is InChI=1S/C21H25N3O4/c25-18-11-7-5-9-16(18)15-22-24-21(28)14-4-2-1-3-13-20(27)23-17-10-6-8-12-19(17)26/h5-12,15,25-26H,1-4,13-14H2,(H,23,27)(H,24,28)/b22-15+. The van der Waals surface area contributed by atoms with E-state index in [1.165, 1.54) is 12.3 Å². The number of carbonyl (C=O) groups excluding carboxylic acids is 2. The van der Waals surface area contributed by atoms with E-state index in [-0.39, 0.29) is 23.3 Å². The average molecular weight is 383 g/mol. The highest BCUT2D eigenvalue weighted by Gasteiger charge is 2.06. The van der Waals surface area contributed by atoms with Gasteiger partial charge in [-0.2, -0.15) is 5.10 Å². The van der Waals surface area contributed by atoms with Crippen molar-refractivity contribution in [2.45, 2.75) is 38.5 Å². The normalized spacial score (nSPS) is 10.7. The first kappa shape index (κ1) is 21.0. The van der Waals surface area contributed by atoms with E-state index in [0.717, 1.165) is 12.8 Å². The largest absolute Gasteiger partial charge is 0.507 e. The third-order valence-corrected chi connectivity index (χ3v) is 4.07. The van der Waals surface area contributed by atoms with Crippen LogP contribution in [-0.2, 0) is 9.59 Å². The third-order valence-electron chi connectivity index (χ3n) is 4.07. The summed E-state index contributed by atoms with van der Waals surface area (Å²) in [4.78, 5) is 23.6. The molecule has 2 aromatic rings. The molecule has 7 heteroatoms. The van der Waals surface area contributed by atoms with Crippen molar-refractivity contribution in [3.8, 4) is 11.5 Å². The van der Waals surface area contributed by atoms with Crippen molar-refractivity contribution in [1.29, 1.82) is 0 Å². The molecule has 2 rings (SSSR count). The molecule has 2 aromatic carbocycles. The number of amides is 2. The fourth-order valence-corrected chi connectivity index (χ4v) is 2.54. The van der Waals surface area contributed by atoms with Crippen molar-refractivity contribution in [2.24, 2.45) is 5.10 Å². The predicted molar refractivity (Wildman–Crippen MR) is 108 cm³/mol. The van der Waals surface area contributed by atoms with Gasteiger partial charge >= 0.3 is 0 Å². The van der Waals surface area contributed by atoms with Crippen LogP contribution in [0.1, 0.15) is 44.1 Å². The van der Waals surface area contributed by atoms with Crippen molar-refractivity contribution < 1.29 is 19.8 Å². The predicted octanol–water partition coefficient (Wildman–Crippen LogP) is 3.53. The van der Waals surface area contributed by atoms with Gasteiger partial charge in [0, 0.05) is 18.4 Å². The van der Waals surface area contributed by atoms with Crippen LogP contribution in [0.2, 0.25) is 0 Å². The van der Waals surface area contributed by atoms with Crippen LogP contribution >= 0.6 is 0 Å². The van der Waals surface area contributed by atoms with Gasteiger partial charge < -0.3 is 15.5 Å². The highest BCUT2D eigenvalue weighted by atomic mass is 16.3. The molecule has 148 valence electrons. The minimum absolute atomic E-state index is 0.0481. The van der Waals surface area contributed by atoms with Crippen LogP contribution in [0.15, 0.2) is 53.6 Å². The Morgan fingerprint density at radius 2 is 1.43 bits per heavy atom. The first-order chi connectivity index (χ1) is 13.6. The molecule has 0 fully saturated rings. The molecule has 0 aliphatic heterocycles. The van der Waals surface area contributed by atoms with Crippen LogP contribution in [0.3, 0.4) is 0 Å². The van der Waals surface area contributed by atoms with E-state index in [1.54, 1.807) is 42.5 Å². The Balaban J connectivity index is 1.54. The van der Waals surface area contributed by atoms with Gasteiger partial charge in [-0.15, -0.1) is 0 Å². The second kappa shape index (κ2) is 11.4. The summed E-state index contributed by atoms with van der Waals surface area (Å²) in [5.74, 6) is -0.180. The van der Waals surface area contributed by atoms with Crippen LogP contribution in [-0.4, -0.2) is 28.2 Å². The van der Waals surface area contributed by atoms with E-state index >= 15 is 0 Å². The topological polar surface area (TPSA) is 111 Å². The molecule has 7 nitrogen and oxygen atoms in total. The summed E-state index contributed by atoms with van der Waals surface area (Å²) in [6.45, 7) is 0. The van der Waals surface area contributed by atoms with Crippen molar-refractivity contribution in [1.82, 2.24) is 5.43 Å². The summed E-state index contributed by atoms with van der Waals surface area (Å²) in [7, 11) is 0. The number of unbranched alkanes of at least 4 members (excludes halogenated alkanes) is 3. The molecule has 0 aliphatic carbocycles. The van der Waals surface area contributed by atoms with Crippen molar-refractivity contribution >= 4 is 23.7 Å². The van der Waals surface area contributed by atoms with Crippen molar-refractivity contribution in [3.05, 3.63) is 54.1 Å². The maximum Gasteiger partial charge on any atom is 0.240 e. The number of hydrogen-bond acceptors (Lipinski definition) is 5. The van der Waals surface area contributed by atoms with Gasteiger partial charge in [0.05, 0.1) is 11.9 Å². The summed E-state index contributed by atoms with van der Waals surface area (Å²) >= 11 is 0. The van der Waals surface area contributed by atoms with Gasteiger partial charge in [0.1, 0.15) is 11.5 Å². The van der Waals surface area contributed by atoms with Gasteiger partial charge in [0.15, 0.2) is 0 Å². The number of phenols is 2. The van der Waals surface area contributed by atoms with E-state index in [1.807, 2.05) is 0 Å². The maximum atomic E-state index is 11.8. The molecule has 0 aliphatic rings. The molecule has 0 saturated heterocycles. The first-order valence-corrected chi connectivity index (χ1v) is 9.24. The minimum atomic E-state index is -0.191. The average Bonchev–Trinajstić information content (AvgIpc) is 2.68. The van der Waals surface area contributed by atoms with E-state index in [0.29, 0.717) is 36.9 Å². The summed E-state index contributed by atoms with van der Waals surface area (Å²) in [6, 6.07) is 13.3. The maximum absolute atomic E-state index is 11.8. The number of hydrogen-bond donors (Lipinski definition) is 4. The lowest BCUT2D eigenvalue weighted by atomic mass is 10.1. The van der Waals surface area contributed by atoms with Gasteiger partial charge in [-0.25, -0.2) is 5.43 Å². The third kappa shape index (κ3) is 7.49. The molecule has 28 heavy (non-hydrogen) atoms. The van der Waals surface area contributed by atoms with Gasteiger partial charge in [0.2, 0.25) is 11.8 Å². The van der Waals surface area contributed by atoms with Crippen LogP contribution < -0.4 is 10.7 Å². The van der Waals surface area contributed by atoms with Crippen LogP contribution in [0.4, 0.5) is 5.69 Å². The number of hydrazone groups is 1. The van der Waals surface area contributed by atoms with Crippen LogP contribution in [0, 0.1) is 0 Å². The molecule has 0 spiro atoms. The first-order valence-electron chi connectivity index (χ1n) is 9.24. The number of aromatic hydroxyl groups is 2. The molecule has 0 unspecified atom stereocenters. The number of benzene rings is 2. The molecule has 0 aromatic heterocycles. The Bertz CT molecular complexity index is 821. The molecule has 0 saturated carbocycles. The Labute approximate surface area is 164 Å². The Morgan fingerprint density at radius 3 is 2.11 bits per heavy atom. The van der Waals surface area contributed by atoms with Gasteiger partial charge in [0.25, 0.3) is 0 Å². The highest BCUT2D eigenvalue weighted by molar-refractivity contribution is 5.92. The summed E-state index contributed by atoms with van der Waals surface area (Å²) in [5, 5.41) is 25.7. The van der Waals surface area contributed by atoms with Gasteiger partial charge in [-0.05, 0) is 37.1 Å². The Morgan fingerprint density at radius 1 is 0.821 bits per heavy atom.